The molecule has 0 heterocycles. The summed E-state index contributed by atoms with van der Waals surface area (Å²) in [5.41, 5.74) is 0. The fraction of sp³-hybridized carbons (Fsp3) is 1.00. The second-order valence-electron chi connectivity index (χ2n) is 7.02. The van der Waals surface area contributed by atoms with Crippen LogP contribution in [0.2, 0.25) is 0 Å². The normalized spacial score (nSPS) is 18.9. The van der Waals surface area contributed by atoms with Crippen LogP contribution in [0.25, 0.3) is 0 Å². The third kappa shape index (κ3) is 6.27. The lowest BCUT2D eigenvalue weighted by atomic mass is 10.0. The minimum Gasteiger partial charge on any atom is -0.313 e. The number of nitrogens with one attached hydrogen (secondary N) is 1. The lowest BCUT2D eigenvalue weighted by Gasteiger charge is -2.34. The van der Waals surface area contributed by atoms with Crippen LogP contribution in [0.5, 0.6) is 0 Å². The predicted molar refractivity (Wildman–Crippen MR) is 85.6 cm³/mol. The van der Waals surface area contributed by atoms with Crippen LogP contribution in [0.15, 0.2) is 0 Å². The van der Waals surface area contributed by atoms with E-state index in [4.69, 9.17) is 0 Å². The number of hydrogen-bond donors (Lipinski definition) is 1. The van der Waals surface area contributed by atoms with E-state index in [-0.39, 0.29) is 0 Å². The van der Waals surface area contributed by atoms with Crippen LogP contribution in [0.1, 0.15) is 66.7 Å². The largest absolute Gasteiger partial charge is 0.313 e. The Kier molecular flexibility index (Phi) is 8.01. The standard InChI is InChI=1S/C17H36N2/c1-6-18-17(15(4)5)13-19(12-11-14(2)3)16-9-7-8-10-16/h14-18H,6-13H2,1-5H3. The first kappa shape index (κ1) is 17.0. The summed E-state index contributed by atoms with van der Waals surface area (Å²) in [6.45, 7) is 15.2. The first-order chi connectivity index (χ1) is 9.04. The van der Waals surface area contributed by atoms with Crippen molar-refractivity contribution in [3.63, 3.8) is 0 Å². The molecule has 1 aliphatic rings. The second kappa shape index (κ2) is 8.97. The molecule has 1 rings (SSSR count). The van der Waals surface area contributed by atoms with Gasteiger partial charge < -0.3 is 5.32 Å². The molecule has 2 nitrogen and oxygen atoms in total. The van der Waals surface area contributed by atoms with Crippen molar-refractivity contribution >= 4 is 0 Å². The van der Waals surface area contributed by atoms with Crippen LogP contribution in [-0.2, 0) is 0 Å². The van der Waals surface area contributed by atoms with Crippen LogP contribution in [0, 0.1) is 11.8 Å². The third-order valence-corrected chi connectivity index (χ3v) is 4.54. The Morgan fingerprint density at radius 3 is 2.21 bits per heavy atom. The molecule has 0 aromatic rings. The van der Waals surface area contributed by atoms with Gasteiger partial charge in [-0.1, -0.05) is 47.5 Å². The summed E-state index contributed by atoms with van der Waals surface area (Å²) in [6, 6.07) is 1.51. The van der Waals surface area contributed by atoms with Gasteiger partial charge in [-0.25, -0.2) is 0 Å². The van der Waals surface area contributed by atoms with Crippen molar-refractivity contribution in [3.05, 3.63) is 0 Å². The van der Waals surface area contributed by atoms with E-state index in [0.717, 1.165) is 24.4 Å². The molecule has 1 saturated carbocycles. The van der Waals surface area contributed by atoms with Crippen LogP contribution < -0.4 is 5.32 Å². The van der Waals surface area contributed by atoms with E-state index in [0.29, 0.717) is 6.04 Å². The smallest absolute Gasteiger partial charge is 0.0217 e. The predicted octanol–water partition coefficient (Wildman–Crippen LogP) is 3.91. The topological polar surface area (TPSA) is 15.3 Å². The molecule has 2 heteroatoms. The van der Waals surface area contributed by atoms with E-state index in [9.17, 15) is 0 Å². The van der Waals surface area contributed by atoms with E-state index in [1.807, 2.05) is 0 Å². The third-order valence-electron chi connectivity index (χ3n) is 4.54. The molecule has 19 heavy (non-hydrogen) atoms. The van der Waals surface area contributed by atoms with E-state index in [2.05, 4.69) is 44.8 Å². The van der Waals surface area contributed by atoms with Crippen molar-refractivity contribution in [2.45, 2.75) is 78.8 Å². The average molecular weight is 268 g/mol. The van der Waals surface area contributed by atoms with Crippen LogP contribution in [-0.4, -0.2) is 36.6 Å². The number of likely N-dealkylation sites (N-methyl/N-ethyl adjacent to an activating group) is 1. The number of nitrogens with zero attached hydrogens (tertiary/aromatic N) is 1. The molecule has 1 N–H and O–H groups in total. The summed E-state index contributed by atoms with van der Waals surface area (Å²) in [6.07, 6.45) is 7.07. The molecule has 1 fully saturated rings. The number of rotatable bonds is 9. The van der Waals surface area contributed by atoms with Gasteiger partial charge >= 0.3 is 0 Å². The molecule has 0 bridgehead atoms. The highest BCUT2D eigenvalue weighted by atomic mass is 15.2. The fourth-order valence-electron chi connectivity index (χ4n) is 3.14. The molecule has 0 amide bonds. The van der Waals surface area contributed by atoms with Gasteiger partial charge in [0.25, 0.3) is 0 Å². The maximum Gasteiger partial charge on any atom is 0.0217 e. The summed E-state index contributed by atoms with van der Waals surface area (Å²) in [7, 11) is 0. The van der Waals surface area contributed by atoms with Gasteiger partial charge in [-0.15, -0.1) is 0 Å². The minimum atomic E-state index is 0.651. The summed E-state index contributed by atoms with van der Waals surface area (Å²) in [5.74, 6) is 1.54. The molecule has 0 aromatic carbocycles. The molecule has 1 atom stereocenters. The Hall–Kier alpha value is -0.0800. The van der Waals surface area contributed by atoms with Gasteiger partial charge in [-0.2, -0.15) is 0 Å². The SMILES string of the molecule is CCNC(CN(CCC(C)C)C1CCCC1)C(C)C. The summed E-state index contributed by atoms with van der Waals surface area (Å²) >= 11 is 0. The highest BCUT2D eigenvalue weighted by Crippen LogP contribution is 2.25. The monoisotopic (exact) mass is 268 g/mol. The van der Waals surface area contributed by atoms with Gasteiger partial charge in [-0.05, 0) is 44.2 Å². The lowest BCUT2D eigenvalue weighted by molar-refractivity contribution is 0.155. The maximum atomic E-state index is 3.68. The summed E-state index contributed by atoms with van der Waals surface area (Å²) < 4.78 is 0. The summed E-state index contributed by atoms with van der Waals surface area (Å²) in [4.78, 5) is 2.79. The molecule has 0 aliphatic heterocycles. The van der Waals surface area contributed by atoms with Crippen LogP contribution in [0.3, 0.4) is 0 Å². The first-order valence-electron chi connectivity index (χ1n) is 8.52. The summed E-state index contributed by atoms with van der Waals surface area (Å²) in [5, 5.41) is 3.68. The van der Waals surface area contributed by atoms with E-state index < -0.39 is 0 Å². The van der Waals surface area contributed by atoms with Gasteiger partial charge in [0.1, 0.15) is 0 Å². The van der Waals surface area contributed by atoms with Gasteiger partial charge in [0, 0.05) is 18.6 Å². The highest BCUT2D eigenvalue weighted by molar-refractivity contribution is 4.82. The fourth-order valence-corrected chi connectivity index (χ4v) is 3.14. The lowest BCUT2D eigenvalue weighted by Crippen LogP contribution is -2.47. The van der Waals surface area contributed by atoms with Crippen molar-refractivity contribution in [3.8, 4) is 0 Å². The molecule has 0 spiro atoms. The van der Waals surface area contributed by atoms with Crippen molar-refractivity contribution in [2.24, 2.45) is 11.8 Å². The zero-order valence-electron chi connectivity index (χ0n) is 13.9. The zero-order valence-corrected chi connectivity index (χ0v) is 13.9. The Morgan fingerprint density at radius 2 is 1.74 bits per heavy atom. The molecule has 1 aliphatic carbocycles. The molecule has 0 aromatic heterocycles. The molecular formula is C17H36N2. The van der Waals surface area contributed by atoms with Gasteiger partial charge in [0.05, 0.1) is 0 Å². The van der Waals surface area contributed by atoms with Gasteiger partial charge in [0.15, 0.2) is 0 Å². The molecule has 0 saturated heterocycles. The maximum absolute atomic E-state index is 3.68. The quantitative estimate of drug-likeness (QED) is 0.682. The Balaban J connectivity index is 2.54. The Morgan fingerprint density at radius 1 is 1.11 bits per heavy atom. The molecular weight excluding hydrogens is 232 g/mol. The van der Waals surface area contributed by atoms with E-state index in [1.165, 1.54) is 45.2 Å². The molecule has 114 valence electrons. The van der Waals surface area contributed by atoms with Crippen molar-refractivity contribution < 1.29 is 0 Å². The number of hydrogen-bond acceptors (Lipinski definition) is 2. The zero-order chi connectivity index (χ0) is 14.3. The van der Waals surface area contributed by atoms with Gasteiger partial charge in [-0.3, -0.25) is 4.90 Å². The first-order valence-corrected chi connectivity index (χ1v) is 8.52. The van der Waals surface area contributed by atoms with E-state index >= 15 is 0 Å². The average Bonchev–Trinajstić information content (AvgIpc) is 2.86. The van der Waals surface area contributed by atoms with Crippen LogP contribution in [0.4, 0.5) is 0 Å². The Labute approximate surface area is 121 Å². The molecule has 0 radical (unpaired) electrons. The van der Waals surface area contributed by atoms with Crippen molar-refractivity contribution in [1.82, 2.24) is 10.2 Å². The van der Waals surface area contributed by atoms with Crippen LogP contribution >= 0.6 is 0 Å². The van der Waals surface area contributed by atoms with E-state index in [1.54, 1.807) is 0 Å². The minimum absolute atomic E-state index is 0.651. The Bertz CT molecular complexity index is 219. The highest BCUT2D eigenvalue weighted by Gasteiger charge is 2.25. The van der Waals surface area contributed by atoms with Gasteiger partial charge in [0.2, 0.25) is 0 Å². The second-order valence-corrected chi connectivity index (χ2v) is 7.02. The van der Waals surface area contributed by atoms with Crippen molar-refractivity contribution in [2.75, 3.05) is 19.6 Å². The van der Waals surface area contributed by atoms with Crippen molar-refractivity contribution in [1.29, 1.82) is 0 Å². The molecule has 1 unspecified atom stereocenters.